The second kappa shape index (κ2) is 6.95. The van der Waals surface area contributed by atoms with E-state index in [4.69, 9.17) is 4.74 Å². The average molecular weight is 413 g/mol. The van der Waals surface area contributed by atoms with E-state index in [0.717, 1.165) is 25.2 Å². The van der Waals surface area contributed by atoms with E-state index in [9.17, 15) is 5.11 Å². The standard InChI is InChI=1S/C28H44O2/c1-17(2)18(3)7-8-19(4)21-9-10-22-23-16-25-24-15-20(29)11-12-27(24,6)28(23,30-25)14-13-26(21,22)5/h7-8,16-22,24-25,29H,9-15H2,1-6H3/b8-7+. The number of aliphatic hydroxyl groups is 1. The molecule has 1 saturated heterocycles. The molecule has 10 atom stereocenters. The predicted octanol–water partition coefficient (Wildman–Crippen LogP) is 6.54. The van der Waals surface area contributed by atoms with Crippen LogP contribution in [-0.4, -0.2) is 22.9 Å². The zero-order valence-electron chi connectivity index (χ0n) is 20.2. The average Bonchev–Trinajstić information content (AvgIpc) is 3.32. The molecular formula is C28H44O2. The van der Waals surface area contributed by atoms with Gasteiger partial charge < -0.3 is 9.84 Å². The maximum absolute atomic E-state index is 10.3. The van der Waals surface area contributed by atoms with E-state index in [1.807, 2.05) is 0 Å². The molecule has 4 fully saturated rings. The van der Waals surface area contributed by atoms with Crippen molar-refractivity contribution in [2.75, 3.05) is 0 Å². The number of hydrogen-bond acceptors (Lipinski definition) is 2. The fourth-order valence-corrected chi connectivity index (χ4v) is 8.67. The SMILES string of the molecule is CC(C)C(C)/C=C/C(C)C1CCC2C3=CC4OC3(CCC21C)C1(C)CCC(O)CC41. The zero-order chi connectivity index (χ0) is 21.5. The lowest BCUT2D eigenvalue weighted by Gasteiger charge is -2.57. The van der Waals surface area contributed by atoms with Gasteiger partial charge in [0.1, 0.15) is 0 Å². The van der Waals surface area contributed by atoms with Crippen LogP contribution in [0.3, 0.4) is 0 Å². The summed E-state index contributed by atoms with van der Waals surface area (Å²) in [5, 5.41) is 10.3. The molecule has 2 heterocycles. The third-order valence-electron chi connectivity index (χ3n) is 11.0. The number of rotatable bonds is 4. The molecule has 10 unspecified atom stereocenters. The molecule has 1 N–H and O–H groups in total. The van der Waals surface area contributed by atoms with Crippen LogP contribution in [0, 0.1) is 46.3 Å². The van der Waals surface area contributed by atoms with Crippen LogP contribution in [0.25, 0.3) is 0 Å². The summed E-state index contributed by atoms with van der Waals surface area (Å²) >= 11 is 0. The van der Waals surface area contributed by atoms with E-state index >= 15 is 0 Å². The lowest BCUT2D eigenvalue weighted by atomic mass is 9.47. The Labute approximate surface area is 184 Å². The normalized spacial score (nSPS) is 51.6. The van der Waals surface area contributed by atoms with Crippen LogP contribution in [0.2, 0.25) is 0 Å². The highest BCUT2D eigenvalue weighted by Gasteiger charge is 2.72. The number of ether oxygens (including phenoxy) is 1. The summed E-state index contributed by atoms with van der Waals surface area (Å²) in [7, 11) is 0. The van der Waals surface area contributed by atoms with Crippen LogP contribution in [0.15, 0.2) is 23.8 Å². The van der Waals surface area contributed by atoms with Gasteiger partial charge in [0.05, 0.1) is 17.8 Å². The number of aliphatic hydroxyl groups excluding tert-OH is 1. The van der Waals surface area contributed by atoms with Gasteiger partial charge in [-0.3, -0.25) is 0 Å². The van der Waals surface area contributed by atoms with Crippen molar-refractivity contribution in [3.05, 3.63) is 23.8 Å². The van der Waals surface area contributed by atoms with Crippen molar-refractivity contribution in [2.45, 2.75) is 104 Å². The Bertz CT molecular complexity index is 752. The fourth-order valence-electron chi connectivity index (χ4n) is 8.67. The third kappa shape index (κ3) is 2.68. The molecule has 0 radical (unpaired) electrons. The van der Waals surface area contributed by atoms with Gasteiger partial charge in [0.15, 0.2) is 0 Å². The molecule has 0 amide bonds. The van der Waals surface area contributed by atoms with Gasteiger partial charge >= 0.3 is 0 Å². The van der Waals surface area contributed by atoms with Gasteiger partial charge in [-0.15, -0.1) is 0 Å². The zero-order valence-corrected chi connectivity index (χ0v) is 20.2. The minimum atomic E-state index is -0.121. The smallest absolute Gasteiger partial charge is 0.0960 e. The largest absolute Gasteiger partial charge is 0.393 e. The van der Waals surface area contributed by atoms with Crippen LogP contribution >= 0.6 is 0 Å². The summed E-state index contributed by atoms with van der Waals surface area (Å²) in [6, 6.07) is 0. The Balaban J connectivity index is 1.41. The molecule has 2 heteroatoms. The number of fused-ring (bicyclic) bond motifs is 5. The van der Waals surface area contributed by atoms with E-state index in [0.29, 0.717) is 35.0 Å². The van der Waals surface area contributed by atoms with Crippen molar-refractivity contribution in [1.29, 1.82) is 0 Å². The van der Waals surface area contributed by atoms with Gasteiger partial charge in [-0.25, -0.2) is 0 Å². The van der Waals surface area contributed by atoms with Crippen LogP contribution in [0.5, 0.6) is 0 Å². The van der Waals surface area contributed by atoms with Crippen molar-refractivity contribution in [2.24, 2.45) is 46.3 Å². The first-order valence-electron chi connectivity index (χ1n) is 12.9. The van der Waals surface area contributed by atoms with Crippen molar-refractivity contribution in [1.82, 2.24) is 0 Å². The molecule has 168 valence electrons. The molecule has 5 rings (SSSR count). The van der Waals surface area contributed by atoms with Gasteiger partial charge in [0.25, 0.3) is 0 Å². The van der Waals surface area contributed by atoms with Gasteiger partial charge in [-0.2, -0.15) is 0 Å². The van der Waals surface area contributed by atoms with Crippen LogP contribution in [0.1, 0.15) is 86.5 Å². The van der Waals surface area contributed by atoms with Crippen molar-refractivity contribution in [3.63, 3.8) is 0 Å². The molecule has 1 spiro atoms. The summed E-state index contributed by atoms with van der Waals surface area (Å²) in [6.07, 6.45) is 15.9. The summed E-state index contributed by atoms with van der Waals surface area (Å²) < 4.78 is 6.90. The summed E-state index contributed by atoms with van der Waals surface area (Å²) in [5.41, 5.74) is 2.31. The quantitative estimate of drug-likeness (QED) is 0.531. The molecule has 3 saturated carbocycles. The molecule has 5 aliphatic rings. The van der Waals surface area contributed by atoms with Crippen molar-refractivity contribution in [3.8, 4) is 0 Å². The summed E-state index contributed by atoms with van der Waals surface area (Å²) in [4.78, 5) is 0. The van der Waals surface area contributed by atoms with Gasteiger partial charge in [0.2, 0.25) is 0 Å². The Morgan fingerprint density at radius 2 is 1.80 bits per heavy atom. The van der Waals surface area contributed by atoms with E-state index in [1.165, 1.54) is 25.7 Å². The minimum absolute atomic E-state index is 0.0211. The molecule has 2 aliphatic heterocycles. The number of hydrogen-bond donors (Lipinski definition) is 1. The van der Waals surface area contributed by atoms with Crippen molar-refractivity contribution >= 4 is 0 Å². The highest BCUT2D eigenvalue weighted by Crippen LogP contribution is 2.73. The number of allylic oxidation sites excluding steroid dienone is 2. The summed E-state index contributed by atoms with van der Waals surface area (Å²) in [5.74, 6) is 4.03. The minimum Gasteiger partial charge on any atom is -0.393 e. The second-order valence-electron chi connectivity index (χ2n) is 12.6. The van der Waals surface area contributed by atoms with Gasteiger partial charge in [-0.05, 0) is 91.4 Å². The maximum atomic E-state index is 10.3. The molecule has 30 heavy (non-hydrogen) atoms. The Hall–Kier alpha value is -0.600. The van der Waals surface area contributed by atoms with E-state index in [1.54, 1.807) is 5.57 Å². The topological polar surface area (TPSA) is 29.5 Å². The fraction of sp³-hybridized carbons (Fsp3) is 0.857. The monoisotopic (exact) mass is 412 g/mol. The Morgan fingerprint density at radius 3 is 2.53 bits per heavy atom. The Morgan fingerprint density at radius 1 is 1.03 bits per heavy atom. The lowest BCUT2D eigenvalue weighted by molar-refractivity contribution is -0.0905. The first-order valence-corrected chi connectivity index (χ1v) is 12.9. The van der Waals surface area contributed by atoms with E-state index < -0.39 is 0 Å². The molecule has 2 nitrogen and oxygen atoms in total. The first-order chi connectivity index (χ1) is 14.1. The summed E-state index contributed by atoms with van der Waals surface area (Å²) in [6.45, 7) is 14.6. The molecule has 3 aliphatic carbocycles. The van der Waals surface area contributed by atoms with Gasteiger partial charge in [0, 0.05) is 5.41 Å². The first kappa shape index (κ1) is 21.3. The van der Waals surface area contributed by atoms with Crippen molar-refractivity contribution < 1.29 is 9.84 Å². The maximum Gasteiger partial charge on any atom is 0.0960 e. The van der Waals surface area contributed by atoms with Crippen LogP contribution < -0.4 is 0 Å². The van der Waals surface area contributed by atoms with E-state index in [-0.39, 0.29) is 23.2 Å². The molecule has 2 bridgehead atoms. The van der Waals surface area contributed by atoms with E-state index in [2.05, 4.69) is 59.8 Å². The Kier molecular flexibility index (Phi) is 4.92. The van der Waals surface area contributed by atoms with Crippen LogP contribution in [0.4, 0.5) is 0 Å². The third-order valence-corrected chi connectivity index (χ3v) is 11.0. The lowest BCUT2D eigenvalue weighted by Crippen LogP contribution is -2.57. The molecule has 0 aromatic carbocycles. The van der Waals surface area contributed by atoms with Gasteiger partial charge in [-0.1, -0.05) is 59.8 Å². The molecule has 0 aromatic rings. The molecule has 0 aromatic heterocycles. The molecular weight excluding hydrogens is 368 g/mol. The predicted molar refractivity (Wildman–Crippen MR) is 123 cm³/mol. The van der Waals surface area contributed by atoms with Crippen LogP contribution in [-0.2, 0) is 4.74 Å². The highest BCUT2D eigenvalue weighted by molar-refractivity contribution is 5.42. The second-order valence-corrected chi connectivity index (χ2v) is 12.6. The highest BCUT2D eigenvalue weighted by atomic mass is 16.5.